The first-order chi connectivity index (χ1) is 13.5. The average molecular weight is 376 g/mol. The average Bonchev–Trinajstić information content (AvgIpc) is 3.21. The van der Waals surface area contributed by atoms with Crippen LogP contribution in [0.4, 0.5) is 10.1 Å². The lowest BCUT2D eigenvalue weighted by Crippen LogP contribution is -2.32. The van der Waals surface area contributed by atoms with Gasteiger partial charge in [0, 0.05) is 17.2 Å². The number of benzene rings is 2. The standard InChI is InChI=1S/C21H17FN4O2/c1-12-6-8-13(9-7-12)26-19-11-18(16(22)10-17(19)23-24-26)25-20(27)14-4-2-3-5-15(14)21(25)28/h6-11H,2-5H2,1H3. The Labute approximate surface area is 160 Å². The van der Waals surface area contributed by atoms with E-state index in [1.165, 1.54) is 12.1 Å². The summed E-state index contributed by atoms with van der Waals surface area (Å²) < 4.78 is 16.4. The molecule has 28 heavy (non-hydrogen) atoms. The summed E-state index contributed by atoms with van der Waals surface area (Å²) in [7, 11) is 0. The number of imide groups is 1. The van der Waals surface area contributed by atoms with Crippen LogP contribution in [0.3, 0.4) is 0 Å². The number of halogens is 1. The van der Waals surface area contributed by atoms with E-state index in [9.17, 15) is 14.0 Å². The molecule has 7 heteroatoms. The molecule has 0 spiro atoms. The van der Waals surface area contributed by atoms with Gasteiger partial charge < -0.3 is 0 Å². The highest BCUT2D eigenvalue weighted by atomic mass is 19.1. The summed E-state index contributed by atoms with van der Waals surface area (Å²) in [5, 5.41) is 8.15. The lowest BCUT2D eigenvalue weighted by Gasteiger charge is -2.16. The van der Waals surface area contributed by atoms with Crippen molar-refractivity contribution in [3.8, 4) is 5.69 Å². The number of anilines is 1. The topological polar surface area (TPSA) is 68.1 Å². The van der Waals surface area contributed by atoms with Crippen LogP contribution in [0.5, 0.6) is 0 Å². The Kier molecular flexibility index (Phi) is 3.65. The van der Waals surface area contributed by atoms with Gasteiger partial charge in [-0.1, -0.05) is 22.9 Å². The number of aromatic nitrogens is 3. The van der Waals surface area contributed by atoms with E-state index in [2.05, 4.69) is 10.3 Å². The molecule has 2 aromatic carbocycles. The van der Waals surface area contributed by atoms with Gasteiger partial charge in [-0.05, 0) is 50.8 Å². The first kappa shape index (κ1) is 16.8. The van der Waals surface area contributed by atoms with Crippen LogP contribution in [0.15, 0.2) is 47.5 Å². The number of hydrogen-bond acceptors (Lipinski definition) is 4. The number of carbonyl (C=O) groups excluding carboxylic acids is 2. The Balaban J connectivity index is 1.64. The number of aryl methyl sites for hydroxylation is 1. The maximum Gasteiger partial charge on any atom is 0.261 e. The zero-order valence-electron chi connectivity index (χ0n) is 15.3. The van der Waals surface area contributed by atoms with E-state index >= 15 is 0 Å². The molecule has 1 aromatic heterocycles. The molecule has 5 rings (SSSR count). The monoisotopic (exact) mass is 376 g/mol. The van der Waals surface area contributed by atoms with Gasteiger partial charge in [0.05, 0.1) is 16.9 Å². The molecule has 0 bridgehead atoms. The highest BCUT2D eigenvalue weighted by Gasteiger charge is 2.41. The number of rotatable bonds is 2. The summed E-state index contributed by atoms with van der Waals surface area (Å²) in [4.78, 5) is 26.6. The van der Waals surface area contributed by atoms with Crippen LogP contribution in [-0.4, -0.2) is 26.8 Å². The number of nitrogens with zero attached hydrogens (tertiary/aromatic N) is 4. The van der Waals surface area contributed by atoms with Gasteiger partial charge >= 0.3 is 0 Å². The van der Waals surface area contributed by atoms with Crippen molar-refractivity contribution in [2.24, 2.45) is 0 Å². The fourth-order valence-electron chi connectivity index (χ4n) is 3.94. The highest BCUT2D eigenvalue weighted by molar-refractivity contribution is 6.33. The Hall–Kier alpha value is -3.35. The van der Waals surface area contributed by atoms with Crippen LogP contribution in [0, 0.1) is 12.7 Å². The van der Waals surface area contributed by atoms with Crippen molar-refractivity contribution in [3.63, 3.8) is 0 Å². The van der Waals surface area contributed by atoms with Crippen LogP contribution in [0.1, 0.15) is 31.2 Å². The Morgan fingerprint density at radius 1 is 0.964 bits per heavy atom. The molecule has 3 aromatic rings. The van der Waals surface area contributed by atoms with Crippen LogP contribution in [0.2, 0.25) is 0 Å². The Morgan fingerprint density at radius 2 is 1.61 bits per heavy atom. The predicted molar refractivity (Wildman–Crippen MR) is 102 cm³/mol. The van der Waals surface area contributed by atoms with Gasteiger partial charge in [0.15, 0.2) is 0 Å². The first-order valence-corrected chi connectivity index (χ1v) is 9.27. The molecular weight excluding hydrogens is 359 g/mol. The van der Waals surface area contributed by atoms with E-state index < -0.39 is 17.6 Å². The van der Waals surface area contributed by atoms with Crippen molar-refractivity contribution in [3.05, 3.63) is 58.9 Å². The van der Waals surface area contributed by atoms with Crippen molar-refractivity contribution in [1.82, 2.24) is 15.0 Å². The SMILES string of the molecule is Cc1ccc(-n2nnc3cc(F)c(N4C(=O)C5=C(CCCC5)C4=O)cc32)cc1. The van der Waals surface area contributed by atoms with Gasteiger partial charge in [0.2, 0.25) is 0 Å². The molecule has 140 valence electrons. The fourth-order valence-corrected chi connectivity index (χ4v) is 3.94. The second kappa shape index (κ2) is 6.09. The number of hydrogen-bond donors (Lipinski definition) is 0. The molecule has 6 nitrogen and oxygen atoms in total. The van der Waals surface area contributed by atoms with Gasteiger partial charge in [0.25, 0.3) is 11.8 Å². The van der Waals surface area contributed by atoms with E-state index in [-0.39, 0.29) is 5.69 Å². The van der Waals surface area contributed by atoms with Gasteiger partial charge in [0.1, 0.15) is 11.3 Å². The maximum atomic E-state index is 14.8. The molecule has 1 aliphatic carbocycles. The Morgan fingerprint density at radius 3 is 2.25 bits per heavy atom. The maximum absolute atomic E-state index is 14.8. The molecule has 0 saturated carbocycles. The quantitative estimate of drug-likeness (QED) is 0.641. The van der Waals surface area contributed by atoms with Gasteiger partial charge in [-0.3, -0.25) is 9.59 Å². The third-order valence-electron chi connectivity index (χ3n) is 5.42. The second-order valence-corrected chi connectivity index (χ2v) is 7.24. The van der Waals surface area contributed by atoms with E-state index in [4.69, 9.17) is 0 Å². The lowest BCUT2D eigenvalue weighted by atomic mass is 9.93. The lowest BCUT2D eigenvalue weighted by molar-refractivity contribution is -0.120. The fraction of sp³-hybridized carbons (Fsp3) is 0.238. The molecule has 2 amide bonds. The predicted octanol–water partition coefficient (Wildman–Crippen LogP) is 3.61. The zero-order chi connectivity index (χ0) is 19.4. The molecule has 2 aliphatic rings. The van der Waals surface area contributed by atoms with Crippen LogP contribution in [0.25, 0.3) is 16.7 Å². The first-order valence-electron chi connectivity index (χ1n) is 9.27. The molecule has 0 N–H and O–H groups in total. The summed E-state index contributed by atoms with van der Waals surface area (Å²) in [6.07, 6.45) is 2.89. The number of carbonyl (C=O) groups is 2. The third-order valence-corrected chi connectivity index (χ3v) is 5.42. The van der Waals surface area contributed by atoms with E-state index in [1.807, 2.05) is 31.2 Å². The van der Waals surface area contributed by atoms with Crippen molar-refractivity contribution < 1.29 is 14.0 Å². The minimum absolute atomic E-state index is 0.0486. The molecule has 0 fully saturated rings. The highest BCUT2D eigenvalue weighted by Crippen LogP contribution is 2.37. The van der Waals surface area contributed by atoms with Crippen molar-refractivity contribution in [2.75, 3.05) is 4.90 Å². The van der Waals surface area contributed by atoms with Crippen LogP contribution >= 0.6 is 0 Å². The van der Waals surface area contributed by atoms with E-state index in [1.54, 1.807) is 4.68 Å². The number of amides is 2. The Bertz CT molecular complexity index is 1150. The van der Waals surface area contributed by atoms with Gasteiger partial charge in [-0.25, -0.2) is 14.0 Å². The molecule has 0 saturated heterocycles. The van der Waals surface area contributed by atoms with E-state index in [0.29, 0.717) is 35.0 Å². The number of fused-ring (bicyclic) bond motifs is 1. The van der Waals surface area contributed by atoms with Crippen molar-refractivity contribution >= 4 is 28.5 Å². The van der Waals surface area contributed by atoms with E-state index in [0.717, 1.165) is 29.0 Å². The smallest absolute Gasteiger partial charge is 0.261 e. The minimum Gasteiger partial charge on any atom is -0.269 e. The molecule has 0 atom stereocenters. The summed E-state index contributed by atoms with van der Waals surface area (Å²) in [5.74, 6) is -1.48. The van der Waals surface area contributed by atoms with Crippen molar-refractivity contribution in [2.45, 2.75) is 32.6 Å². The zero-order valence-corrected chi connectivity index (χ0v) is 15.3. The van der Waals surface area contributed by atoms with Crippen LogP contribution in [-0.2, 0) is 9.59 Å². The van der Waals surface area contributed by atoms with Crippen LogP contribution < -0.4 is 4.90 Å². The summed E-state index contributed by atoms with van der Waals surface area (Å²) in [6, 6.07) is 10.4. The second-order valence-electron chi connectivity index (χ2n) is 7.24. The molecule has 0 unspecified atom stereocenters. The summed E-state index contributed by atoms with van der Waals surface area (Å²) in [6.45, 7) is 1.98. The minimum atomic E-state index is -0.662. The van der Waals surface area contributed by atoms with Crippen molar-refractivity contribution in [1.29, 1.82) is 0 Å². The molecular formula is C21H17FN4O2. The molecule has 1 aliphatic heterocycles. The third kappa shape index (κ3) is 2.39. The largest absolute Gasteiger partial charge is 0.269 e. The normalized spacial score (nSPS) is 17.0. The molecule has 0 radical (unpaired) electrons. The van der Waals surface area contributed by atoms with Gasteiger partial charge in [-0.2, -0.15) is 0 Å². The summed E-state index contributed by atoms with van der Waals surface area (Å²) >= 11 is 0. The summed E-state index contributed by atoms with van der Waals surface area (Å²) in [5.41, 5.74) is 3.77. The van der Waals surface area contributed by atoms with Gasteiger partial charge in [-0.15, -0.1) is 5.10 Å². The molecule has 2 heterocycles.